The van der Waals surface area contributed by atoms with Crippen LogP contribution in [0.5, 0.6) is 5.75 Å². The van der Waals surface area contributed by atoms with Gasteiger partial charge in [0.15, 0.2) is 0 Å². The average molecular weight is 235 g/mol. The maximum absolute atomic E-state index is 12.2. The zero-order valence-corrected chi connectivity index (χ0v) is 10.1. The van der Waals surface area contributed by atoms with Crippen molar-refractivity contribution in [3.8, 4) is 5.75 Å². The first kappa shape index (κ1) is 11.9. The number of carbonyl (C=O) groups excluding carboxylic acids is 1. The third-order valence-corrected chi connectivity index (χ3v) is 2.80. The number of phenolic OH excluding ortho intramolecular Hbond substituents is 1. The summed E-state index contributed by atoms with van der Waals surface area (Å²) in [6, 6.07) is 6.44. The number of amides is 1. The van der Waals surface area contributed by atoms with E-state index in [0.29, 0.717) is 18.7 Å². The summed E-state index contributed by atoms with van der Waals surface area (Å²) in [5, 5.41) is 9.37. The molecule has 92 valence electrons. The van der Waals surface area contributed by atoms with Gasteiger partial charge in [0.1, 0.15) is 5.75 Å². The van der Waals surface area contributed by atoms with Crippen molar-refractivity contribution in [1.29, 1.82) is 0 Å². The predicted molar refractivity (Wildman–Crippen MR) is 64.0 cm³/mol. The Bertz CT molecular complexity index is 409. The molecule has 2 rings (SSSR count). The van der Waals surface area contributed by atoms with Crippen LogP contribution in [0.25, 0.3) is 0 Å². The topological polar surface area (TPSA) is 49.8 Å². The minimum atomic E-state index is -0.0529. The summed E-state index contributed by atoms with van der Waals surface area (Å²) in [7, 11) is 0. The standard InChI is InChI=1S/C13H17NO3/c1-9-7-14(8-10(2)17-9)13(16)11-4-3-5-12(15)6-11/h3-6,9-10,15H,7-8H2,1-2H3. The Balaban J connectivity index is 2.14. The van der Waals surface area contributed by atoms with E-state index in [1.165, 1.54) is 6.07 Å². The molecule has 17 heavy (non-hydrogen) atoms. The van der Waals surface area contributed by atoms with Crippen LogP contribution in [0.15, 0.2) is 24.3 Å². The van der Waals surface area contributed by atoms with E-state index in [9.17, 15) is 9.90 Å². The zero-order chi connectivity index (χ0) is 12.4. The van der Waals surface area contributed by atoms with Gasteiger partial charge in [-0.25, -0.2) is 0 Å². The van der Waals surface area contributed by atoms with E-state index in [4.69, 9.17) is 4.74 Å². The Morgan fingerprint density at radius 2 is 2.00 bits per heavy atom. The molecule has 1 aromatic carbocycles. The highest BCUT2D eigenvalue weighted by molar-refractivity contribution is 5.94. The number of hydrogen-bond acceptors (Lipinski definition) is 3. The quantitative estimate of drug-likeness (QED) is 0.805. The van der Waals surface area contributed by atoms with Crippen molar-refractivity contribution >= 4 is 5.91 Å². The zero-order valence-electron chi connectivity index (χ0n) is 10.1. The summed E-state index contributed by atoms with van der Waals surface area (Å²) in [4.78, 5) is 14.0. The van der Waals surface area contributed by atoms with E-state index in [1.54, 1.807) is 23.1 Å². The molecule has 1 amide bonds. The number of phenols is 1. The predicted octanol–water partition coefficient (Wildman–Crippen LogP) is 1.64. The van der Waals surface area contributed by atoms with Crippen LogP contribution in [-0.4, -0.2) is 41.2 Å². The molecule has 1 aromatic rings. The lowest BCUT2D eigenvalue weighted by molar-refractivity contribution is -0.0586. The lowest BCUT2D eigenvalue weighted by Gasteiger charge is -2.35. The van der Waals surface area contributed by atoms with Gasteiger partial charge < -0.3 is 14.7 Å². The van der Waals surface area contributed by atoms with Crippen LogP contribution in [-0.2, 0) is 4.74 Å². The van der Waals surface area contributed by atoms with Gasteiger partial charge in [-0.05, 0) is 32.0 Å². The number of rotatable bonds is 1. The number of hydrogen-bond donors (Lipinski definition) is 1. The molecule has 1 aliphatic heterocycles. The summed E-state index contributed by atoms with van der Waals surface area (Å²) >= 11 is 0. The fraction of sp³-hybridized carbons (Fsp3) is 0.462. The van der Waals surface area contributed by atoms with Crippen LogP contribution in [0, 0.1) is 0 Å². The van der Waals surface area contributed by atoms with Gasteiger partial charge in [0.05, 0.1) is 12.2 Å². The number of ether oxygens (including phenoxy) is 1. The maximum atomic E-state index is 12.2. The first-order valence-electron chi connectivity index (χ1n) is 5.80. The minimum absolute atomic E-state index is 0.0529. The second-order valence-electron chi connectivity index (χ2n) is 4.52. The summed E-state index contributed by atoms with van der Waals surface area (Å²) in [5.41, 5.74) is 0.520. The first-order chi connectivity index (χ1) is 8.06. The van der Waals surface area contributed by atoms with Crippen molar-refractivity contribution in [1.82, 2.24) is 4.90 Å². The van der Waals surface area contributed by atoms with Gasteiger partial charge in [-0.3, -0.25) is 4.79 Å². The van der Waals surface area contributed by atoms with Crippen LogP contribution in [0.2, 0.25) is 0 Å². The maximum Gasteiger partial charge on any atom is 0.254 e. The number of aromatic hydroxyl groups is 1. The molecular weight excluding hydrogens is 218 g/mol. The summed E-state index contributed by atoms with van der Waals surface area (Å²) < 4.78 is 5.58. The van der Waals surface area contributed by atoms with E-state index in [0.717, 1.165) is 0 Å². The van der Waals surface area contributed by atoms with Gasteiger partial charge in [-0.15, -0.1) is 0 Å². The van der Waals surface area contributed by atoms with E-state index in [-0.39, 0.29) is 23.9 Å². The average Bonchev–Trinajstić information content (AvgIpc) is 2.26. The first-order valence-corrected chi connectivity index (χ1v) is 5.80. The smallest absolute Gasteiger partial charge is 0.254 e. The van der Waals surface area contributed by atoms with Crippen LogP contribution in [0.3, 0.4) is 0 Å². The van der Waals surface area contributed by atoms with Crippen molar-refractivity contribution in [3.05, 3.63) is 29.8 Å². The summed E-state index contributed by atoms with van der Waals surface area (Å²) in [6.45, 7) is 5.11. The minimum Gasteiger partial charge on any atom is -0.508 e. The highest BCUT2D eigenvalue weighted by atomic mass is 16.5. The molecule has 1 heterocycles. The van der Waals surface area contributed by atoms with Crippen molar-refractivity contribution in [2.75, 3.05) is 13.1 Å². The summed E-state index contributed by atoms with van der Waals surface area (Å²) in [5.74, 6) is 0.0631. The normalized spacial score (nSPS) is 24.7. The molecule has 2 atom stereocenters. The third kappa shape index (κ3) is 2.77. The van der Waals surface area contributed by atoms with Crippen LogP contribution < -0.4 is 0 Å². The van der Waals surface area contributed by atoms with Gasteiger partial charge in [-0.2, -0.15) is 0 Å². The van der Waals surface area contributed by atoms with Crippen LogP contribution >= 0.6 is 0 Å². The Morgan fingerprint density at radius 1 is 1.35 bits per heavy atom. The van der Waals surface area contributed by atoms with E-state index in [1.807, 2.05) is 13.8 Å². The molecule has 0 saturated carbocycles. The van der Waals surface area contributed by atoms with Crippen molar-refractivity contribution in [2.24, 2.45) is 0 Å². The molecule has 0 bridgehead atoms. The fourth-order valence-corrected chi connectivity index (χ4v) is 2.17. The Morgan fingerprint density at radius 3 is 2.59 bits per heavy atom. The van der Waals surface area contributed by atoms with Gasteiger partial charge in [-0.1, -0.05) is 6.07 Å². The molecule has 0 spiro atoms. The number of carbonyl (C=O) groups is 1. The summed E-state index contributed by atoms with van der Waals surface area (Å²) in [6.07, 6.45) is 0.111. The highest BCUT2D eigenvalue weighted by Gasteiger charge is 2.26. The van der Waals surface area contributed by atoms with Gasteiger partial charge in [0.2, 0.25) is 0 Å². The molecule has 4 nitrogen and oxygen atoms in total. The molecule has 0 aliphatic carbocycles. The van der Waals surface area contributed by atoms with E-state index in [2.05, 4.69) is 0 Å². The van der Waals surface area contributed by atoms with Crippen LogP contribution in [0.4, 0.5) is 0 Å². The number of benzene rings is 1. The largest absolute Gasteiger partial charge is 0.508 e. The Kier molecular flexibility index (Phi) is 3.33. The third-order valence-electron chi connectivity index (χ3n) is 2.80. The Hall–Kier alpha value is -1.55. The number of nitrogens with zero attached hydrogens (tertiary/aromatic N) is 1. The monoisotopic (exact) mass is 235 g/mol. The molecule has 1 fully saturated rings. The molecular formula is C13H17NO3. The highest BCUT2D eigenvalue weighted by Crippen LogP contribution is 2.17. The lowest BCUT2D eigenvalue weighted by Crippen LogP contribution is -2.48. The van der Waals surface area contributed by atoms with Gasteiger partial charge in [0.25, 0.3) is 5.91 Å². The van der Waals surface area contributed by atoms with E-state index < -0.39 is 0 Å². The molecule has 0 aromatic heterocycles. The second-order valence-corrected chi connectivity index (χ2v) is 4.52. The van der Waals surface area contributed by atoms with Gasteiger partial charge >= 0.3 is 0 Å². The van der Waals surface area contributed by atoms with Crippen molar-refractivity contribution < 1.29 is 14.6 Å². The fourth-order valence-electron chi connectivity index (χ4n) is 2.17. The Labute approximate surface area is 101 Å². The molecule has 2 unspecified atom stereocenters. The number of morpholine rings is 1. The van der Waals surface area contributed by atoms with Crippen molar-refractivity contribution in [2.45, 2.75) is 26.1 Å². The lowest BCUT2D eigenvalue weighted by atomic mass is 10.1. The second kappa shape index (κ2) is 4.75. The molecule has 1 N–H and O–H groups in total. The van der Waals surface area contributed by atoms with Gasteiger partial charge in [0, 0.05) is 18.7 Å². The van der Waals surface area contributed by atoms with Crippen LogP contribution in [0.1, 0.15) is 24.2 Å². The van der Waals surface area contributed by atoms with Crippen molar-refractivity contribution in [3.63, 3.8) is 0 Å². The van der Waals surface area contributed by atoms with E-state index >= 15 is 0 Å². The molecule has 1 saturated heterocycles. The molecule has 0 radical (unpaired) electrons. The SMILES string of the molecule is CC1CN(C(=O)c2cccc(O)c2)CC(C)O1. The molecule has 1 aliphatic rings. The molecule has 4 heteroatoms.